The van der Waals surface area contributed by atoms with Crippen LogP contribution in [0.1, 0.15) is 74.3 Å². The minimum absolute atomic E-state index is 0.257. The van der Waals surface area contributed by atoms with E-state index in [1.165, 1.54) is 69.1 Å². The molecule has 156 valence electrons. The lowest BCUT2D eigenvalue weighted by atomic mass is 9.90. The third-order valence-electron chi connectivity index (χ3n) is 5.81. The number of nitrogens with one attached hydrogen (secondary N) is 2. The molecule has 0 unspecified atom stereocenters. The van der Waals surface area contributed by atoms with Crippen molar-refractivity contribution in [2.75, 3.05) is 23.3 Å². The Labute approximate surface area is 176 Å². The van der Waals surface area contributed by atoms with Crippen molar-refractivity contribution in [2.45, 2.75) is 70.3 Å². The van der Waals surface area contributed by atoms with E-state index in [2.05, 4.69) is 36.8 Å². The minimum atomic E-state index is -0.257. The van der Waals surface area contributed by atoms with E-state index >= 15 is 0 Å². The van der Waals surface area contributed by atoms with Gasteiger partial charge in [-0.2, -0.15) is 0 Å². The number of urea groups is 1. The summed E-state index contributed by atoms with van der Waals surface area (Å²) in [5, 5.41) is 15.7. The summed E-state index contributed by atoms with van der Waals surface area (Å²) in [7, 11) is 0. The van der Waals surface area contributed by atoms with Gasteiger partial charge in [0.2, 0.25) is 5.13 Å². The highest BCUT2D eigenvalue weighted by Gasteiger charge is 2.20. The van der Waals surface area contributed by atoms with E-state index in [1.54, 1.807) is 0 Å². The smallest absolute Gasteiger partial charge is 0.321 e. The summed E-state index contributed by atoms with van der Waals surface area (Å²) < 4.78 is 0. The van der Waals surface area contributed by atoms with Gasteiger partial charge in [0.25, 0.3) is 0 Å². The van der Waals surface area contributed by atoms with Gasteiger partial charge in [0, 0.05) is 31.7 Å². The first-order valence-electron chi connectivity index (χ1n) is 10.9. The third kappa shape index (κ3) is 5.65. The fourth-order valence-electron chi connectivity index (χ4n) is 4.13. The molecule has 2 aliphatic rings. The van der Waals surface area contributed by atoms with Crippen molar-refractivity contribution in [1.29, 1.82) is 0 Å². The van der Waals surface area contributed by atoms with E-state index in [0.717, 1.165) is 29.5 Å². The Morgan fingerprint density at radius 1 is 1.03 bits per heavy atom. The molecule has 0 bridgehead atoms. The van der Waals surface area contributed by atoms with Crippen molar-refractivity contribution in [1.82, 2.24) is 20.5 Å². The normalized spacial score (nSPS) is 18.3. The Kier molecular flexibility index (Phi) is 6.92. The van der Waals surface area contributed by atoms with E-state index in [0.29, 0.717) is 17.6 Å². The van der Waals surface area contributed by atoms with Gasteiger partial charge in [0.1, 0.15) is 10.8 Å². The van der Waals surface area contributed by atoms with Crippen LogP contribution < -0.4 is 15.5 Å². The monoisotopic (exact) mass is 414 g/mol. The van der Waals surface area contributed by atoms with E-state index < -0.39 is 0 Å². The Morgan fingerprint density at radius 2 is 1.79 bits per heavy atom. The molecule has 0 spiro atoms. The second kappa shape index (κ2) is 10.0. The highest BCUT2D eigenvalue weighted by molar-refractivity contribution is 7.15. The quantitative estimate of drug-likeness (QED) is 0.742. The fourth-order valence-corrected chi connectivity index (χ4v) is 5.04. The zero-order valence-electron chi connectivity index (χ0n) is 16.9. The van der Waals surface area contributed by atoms with Crippen LogP contribution in [0, 0.1) is 0 Å². The fraction of sp³-hybridized carbons (Fsp3) is 0.619. The van der Waals surface area contributed by atoms with Crippen molar-refractivity contribution < 1.29 is 4.79 Å². The maximum absolute atomic E-state index is 12.2. The first-order valence-corrected chi connectivity index (χ1v) is 11.7. The summed E-state index contributed by atoms with van der Waals surface area (Å²) in [6.07, 6.45) is 13.1. The molecule has 1 saturated carbocycles. The highest BCUT2D eigenvalue weighted by Crippen LogP contribution is 2.35. The van der Waals surface area contributed by atoms with E-state index in [9.17, 15) is 4.79 Å². The molecule has 2 aromatic rings. The summed E-state index contributed by atoms with van der Waals surface area (Å²) in [5.74, 6) is 1.54. The SMILES string of the molecule is O=C(NCc1ccc(N2CCCCCC2)nc1)Nc1nnc(C2CCCCC2)s1. The van der Waals surface area contributed by atoms with E-state index in [1.807, 2.05) is 12.3 Å². The average Bonchev–Trinajstić information content (AvgIpc) is 3.05. The number of amides is 2. The number of carbonyl (C=O) groups excluding carboxylic acids is 1. The molecule has 7 nitrogen and oxygen atoms in total. The van der Waals surface area contributed by atoms with Crippen LogP contribution >= 0.6 is 11.3 Å². The van der Waals surface area contributed by atoms with Gasteiger partial charge in [-0.05, 0) is 37.3 Å². The summed E-state index contributed by atoms with van der Waals surface area (Å²) in [5.41, 5.74) is 0.985. The van der Waals surface area contributed by atoms with Gasteiger partial charge in [-0.25, -0.2) is 9.78 Å². The first-order chi connectivity index (χ1) is 14.3. The predicted octanol–water partition coefficient (Wildman–Crippen LogP) is 4.68. The Hall–Kier alpha value is -2.22. The van der Waals surface area contributed by atoms with Crippen LogP contribution in [0.2, 0.25) is 0 Å². The summed E-state index contributed by atoms with van der Waals surface area (Å²) in [4.78, 5) is 19.2. The number of hydrogen-bond acceptors (Lipinski definition) is 6. The Bertz CT molecular complexity index is 779. The van der Waals surface area contributed by atoms with Crippen molar-refractivity contribution in [3.63, 3.8) is 0 Å². The standard InChI is InChI=1S/C21H30N6OS/c28-20(24-21-26-25-19(29-21)17-8-4-3-5-9-17)23-15-16-10-11-18(22-14-16)27-12-6-1-2-7-13-27/h10-11,14,17H,1-9,12-13,15H2,(H2,23,24,26,28). The van der Waals surface area contributed by atoms with Gasteiger partial charge < -0.3 is 10.2 Å². The van der Waals surface area contributed by atoms with Crippen LogP contribution in [0.5, 0.6) is 0 Å². The summed E-state index contributed by atoms with van der Waals surface area (Å²) >= 11 is 1.50. The molecule has 1 aliphatic carbocycles. The largest absolute Gasteiger partial charge is 0.357 e. The number of nitrogens with zero attached hydrogens (tertiary/aromatic N) is 4. The van der Waals surface area contributed by atoms with Gasteiger partial charge in [0.15, 0.2) is 0 Å². The maximum Gasteiger partial charge on any atom is 0.321 e. The average molecular weight is 415 g/mol. The molecule has 1 saturated heterocycles. The molecule has 2 fully saturated rings. The van der Waals surface area contributed by atoms with E-state index in [4.69, 9.17) is 0 Å². The van der Waals surface area contributed by atoms with Gasteiger partial charge >= 0.3 is 6.03 Å². The summed E-state index contributed by atoms with van der Waals surface area (Å²) in [6, 6.07) is 3.84. The Balaban J connectivity index is 1.24. The lowest BCUT2D eigenvalue weighted by Gasteiger charge is -2.21. The molecule has 0 aromatic carbocycles. The predicted molar refractivity (Wildman–Crippen MR) is 117 cm³/mol. The molecule has 1 aliphatic heterocycles. The van der Waals surface area contributed by atoms with Gasteiger partial charge in [-0.1, -0.05) is 49.5 Å². The lowest BCUT2D eigenvalue weighted by Crippen LogP contribution is -2.28. The molecule has 0 atom stereocenters. The second-order valence-corrected chi connectivity index (χ2v) is 9.02. The molecule has 2 aromatic heterocycles. The molecule has 2 N–H and O–H groups in total. The number of anilines is 2. The van der Waals surface area contributed by atoms with Crippen LogP contribution in [0.25, 0.3) is 0 Å². The zero-order valence-corrected chi connectivity index (χ0v) is 17.7. The highest BCUT2D eigenvalue weighted by atomic mass is 32.1. The molecule has 4 rings (SSSR count). The molecule has 8 heteroatoms. The first kappa shape index (κ1) is 20.1. The zero-order chi connectivity index (χ0) is 19.9. The Morgan fingerprint density at radius 3 is 2.52 bits per heavy atom. The molecule has 2 amide bonds. The number of pyridine rings is 1. The molecule has 0 radical (unpaired) electrons. The van der Waals surface area contributed by atoms with Crippen molar-refractivity contribution in [3.05, 3.63) is 28.9 Å². The molecular weight excluding hydrogens is 384 g/mol. The topological polar surface area (TPSA) is 83.0 Å². The van der Waals surface area contributed by atoms with E-state index in [-0.39, 0.29) is 6.03 Å². The van der Waals surface area contributed by atoms with Gasteiger partial charge in [0.05, 0.1) is 0 Å². The van der Waals surface area contributed by atoms with Crippen molar-refractivity contribution in [3.8, 4) is 0 Å². The van der Waals surface area contributed by atoms with Crippen LogP contribution in [-0.2, 0) is 6.54 Å². The van der Waals surface area contributed by atoms with Gasteiger partial charge in [-0.3, -0.25) is 5.32 Å². The number of aromatic nitrogens is 3. The van der Waals surface area contributed by atoms with Crippen LogP contribution in [-0.4, -0.2) is 34.3 Å². The van der Waals surface area contributed by atoms with Crippen LogP contribution in [0.3, 0.4) is 0 Å². The van der Waals surface area contributed by atoms with Crippen LogP contribution in [0.4, 0.5) is 15.7 Å². The summed E-state index contributed by atoms with van der Waals surface area (Å²) in [6.45, 7) is 2.60. The molecule has 3 heterocycles. The third-order valence-corrected chi connectivity index (χ3v) is 6.81. The second-order valence-electron chi connectivity index (χ2n) is 8.01. The van der Waals surface area contributed by atoms with Crippen molar-refractivity contribution in [2.24, 2.45) is 0 Å². The molecular formula is C21H30N6OS. The van der Waals surface area contributed by atoms with Gasteiger partial charge in [-0.15, -0.1) is 10.2 Å². The van der Waals surface area contributed by atoms with Crippen molar-refractivity contribution >= 4 is 28.3 Å². The lowest BCUT2D eigenvalue weighted by molar-refractivity contribution is 0.251. The number of carbonyl (C=O) groups is 1. The van der Waals surface area contributed by atoms with Crippen LogP contribution in [0.15, 0.2) is 18.3 Å². The molecule has 29 heavy (non-hydrogen) atoms. The maximum atomic E-state index is 12.2. The number of rotatable bonds is 5. The minimum Gasteiger partial charge on any atom is -0.357 e. The number of hydrogen-bond donors (Lipinski definition) is 2.